The van der Waals surface area contributed by atoms with Gasteiger partial charge in [0, 0.05) is 19.2 Å². The highest BCUT2D eigenvalue weighted by molar-refractivity contribution is 5.79. The van der Waals surface area contributed by atoms with Crippen LogP contribution in [0, 0.1) is 5.92 Å². The largest absolute Gasteiger partial charge is 0.380 e. The summed E-state index contributed by atoms with van der Waals surface area (Å²) in [6, 6.07) is 0.307. The fourth-order valence-corrected chi connectivity index (χ4v) is 1.74. The van der Waals surface area contributed by atoms with Gasteiger partial charge in [0.25, 0.3) is 0 Å². The summed E-state index contributed by atoms with van der Waals surface area (Å²) in [5.74, 6) is 0.291. The molecule has 1 fully saturated rings. The predicted molar refractivity (Wildman–Crippen MR) is 55.1 cm³/mol. The van der Waals surface area contributed by atoms with Crippen molar-refractivity contribution in [3.05, 3.63) is 0 Å². The number of amides is 1. The average molecular weight is 200 g/mol. The fraction of sp³-hybridized carbons (Fsp3) is 0.900. The number of hydrogen-bond acceptors (Lipinski definition) is 3. The van der Waals surface area contributed by atoms with Crippen LogP contribution >= 0.6 is 0 Å². The van der Waals surface area contributed by atoms with Crippen LogP contribution in [0.5, 0.6) is 0 Å². The van der Waals surface area contributed by atoms with E-state index in [1.165, 1.54) is 0 Å². The molecule has 0 aromatic carbocycles. The van der Waals surface area contributed by atoms with Crippen molar-refractivity contribution in [3.8, 4) is 0 Å². The molecule has 0 aliphatic carbocycles. The number of carbonyl (C=O) groups excluding carboxylic acids is 1. The third kappa shape index (κ3) is 3.27. The molecule has 14 heavy (non-hydrogen) atoms. The lowest BCUT2D eigenvalue weighted by atomic mass is 10.0. The van der Waals surface area contributed by atoms with Crippen molar-refractivity contribution < 1.29 is 9.53 Å². The Hall–Kier alpha value is -0.610. The number of ether oxygens (including phenoxy) is 1. The summed E-state index contributed by atoms with van der Waals surface area (Å²) < 4.78 is 5.14. The van der Waals surface area contributed by atoms with Gasteiger partial charge in [-0.05, 0) is 26.8 Å². The second-order valence-electron chi connectivity index (χ2n) is 3.63. The molecule has 4 heteroatoms. The second kappa shape index (κ2) is 5.98. The van der Waals surface area contributed by atoms with Crippen molar-refractivity contribution in [2.24, 2.45) is 5.92 Å². The standard InChI is InChI=1S/C10H20N2O2/c1-3-14-7-6-12-10(13)9-4-5-11-8(9)2/h8-9,11H,3-7H2,1-2H3,(H,12,13). The predicted octanol–water partition coefficient (Wildman–Crippen LogP) is 0.137. The van der Waals surface area contributed by atoms with Crippen LogP contribution in [0.1, 0.15) is 20.3 Å². The monoisotopic (exact) mass is 200 g/mol. The minimum Gasteiger partial charge on any atom is -0.380 e. The highest BCUT2D eigenvalue weighted by Crippen LogP contribution is 2.14. The van der Waals surface area contributed by atoms with E-state index in [9.17, 15) is 4.79 Å². The highest BCUT2D eigenvalue weighted by Gasteiger charge is 2.28. The zero-order valence-corrected chi connectivity index (χ0v) is 9.01. The summed E-state index contributed by atoms with van der Waals surface area (Å²) >= 11 is 0. The first kappa shape index (κ1) is 11.5. The van der Waals surface area contributed by atoms with Crippen LogP contribution in [-0.2, 0) is 9.53 Å². The molecule has 1 saturated heterocycles. The Kier molecular flexibility index (Phi) is 4.90. The zero-order valence-electron chi connectivity index (χ0n) is 9.01. The molecular weight excluding hydrogens is 180 g/mol. The lowest BCUT2D eigenvalue weighted by molar-refractivity contribution is -0.125. The zero-order chi connectivity index (χ0) is 10.4. The molecule has 1 aliphatic rings. The molecule has 2 atom stereocenters. The molecule has 4 nitrogen and oxygen atoms in total. The van der Waals surface area contributed by atoms with Crippen LogP contribution in [0.3, 0.4) is 0 Å². The molecule has 0 radical (unpaired) electrons. The van der Waals surface area contributed by atoms with Crippen molar-refractivity contribution >= 4 is 5.91 Å². The SMILES string of the molecule is CCOCCNC(=O)C1CCNC1C. The number of hydrogen-bond donors (Lipinski definition) is 2. The maximum Gasteiger partial charge on any atom is 0.224 e. The topological polar surface area (TPSA) is 50.4 Å². The van der Waals surface area contributed by atoms with E-state index >= 15 is 0 Å². The van der Waals surface area contributed by atoms with E-state index < -0.39 is 0 Å². The first-order valence-electron chi connectivity index (χ1n) is 5.34. The van der Waals surface area contributed by atoms with Gasteiger partial charge in [0.2, 0.25) is 5.91 Å². The molecule has 0 aromatic rings. The maximum atomic E-state index is 11.6. The van der Waals surface area contributed by atoms with Crippen LogP contribution < -0.4 is 10.6 Å². The van der Waals surface area contributed by atoms with E-state index in [2.05, 4.69) is 17.6 Å². The van der Waals surface area contributed by atoms with Gasteiger partial charge in [0.05, 0.1) is 12.5 Å². The molecular formula is C10H20N2O2. The molecule has 1 rings (SSSR count). The quantitative estimate of drug-likeness (QED) is 0.621. The van der Waals surface area contributed by atoms with E-state index in [4.69, 9.17) is 4.74 Å². The van der Waals surface area contributed by atoms with Gasteiger partial charge < -0.3 is 15.4 Å². The fourth-order valence-electron chi connectivity index (χ4n) is 1.74. The summed E-state index contributed by atoms with van der Waals surface area (Å²) in [7, 11) is 0. The van der Waals surface area contributed by atoms with Gasteiger partial charge in [0.15, 0.2) is 0 Å². The Morgan fingerprint density at radius 1 is 1.64 bits per heavy atom. The van der Waals surface area contributed by atoms with Crippen LogP contribution in [0.4, 0.5) is 0 Å². The maximum absolute atomic E-state index is 11.6. The number of rotatable bonds is 5. The summed E-state index contributed by atoms with van der Waals surface area (Å²) in [6.45, 7) is 6.89. The van der Waals surface area contributed by atoms with Gasteiger partial charge in [-0.25, -0.2) is 0 Å². The first-order valence-corrected chi connectivity index (χ1v) is 5.34. The second-order valence-corrected chi connectivity index (χ2v) is 3.63. The molecule has 0 spiro atoms. The Morgan fingerprint density at radius 2 is 2.43 bits per heavy atom. The van der Waals surface area contributed by atoms with Crippen molar-refractivity contribution in [2.45, 2.75) is 26.3 Å². The summed E-state index contributed by atoms with van der Waals surface area (Å²) in [6.07, 6.45) is 0.946. The van der Waals surface area contributed by atoms with E-state index in [1.54, 1.807) is 0 Å². The molecule has 2 unspecified atom stereocenters. The van der Waals surface area contributed by atoms with Crippen molar-refractivity contribution in [2.75, 3.05) is 26.3 Å². The van der Waals surface area contributed by atoms with Gasteiger partial charge in [-0.2, -0.15) is 0 Å². The average Bonchev–Trinajstić information content (AvgIpc) is 2.59. The molecule has 82 valence electrons. The minimum atomic E-state index is 0.136. The van der Waals surface area contributed by atoms with E-state index in [-0.39, 0.29) is 11.8 Å². The van der Waals surface area contributed by atoms with Crippen molar-refractivity contribution in [3.63, 3.8) is 0 Å². The van der Waals surface area contributed by atoms with Crippen molar-refractivity contribution in [1.29, 1.82) is 0 Å². The third-order valence-electron chi connectivity index (χ3n) is 2.61. The van der Waals surface area contributed by atoms with E-state index in [1.807, 2.05) is 6.92 Å². The minimum absolute atomic E-state index is 0.136. The lowest BCUT2D eigenvalue weighted by Gasteiger charge is -2.14. The molecule has 0 bridgehead atoms. The smallest absolute Gasteiger partial charge is 0.224 e. The van der Waals surface area contributed by atoms with Crippen LogP contribution in [0.25, 0.3) is 0 Å². The van der Waals surface area contributed by atoms with Gasteiger partial charge in [-0.3, -0.25) is 4.79 Å². The number of nitrogens with one attached hydrogen (secondary N) is 2. The van der Waals surface area contributed by atoms with Crippen molar-refractivity contribution in [1.82, 2.24) is 10.6 Å². The summed E-state index contributed by atoms with van der Waals surface area (Å²) in [4.78, 5) is 11.6. The molecule has 1 heterocycles. The Labute approximate surface area is 85.4 Å². The summed E-state index contributed by atoms with van der Waals surface area (Å²) in [5.41, 5.74) is 0. The van der Waals surface area contributed by atoms with Crippen LogP contribution in [0.2, 0.25) is 0 Å². The van der Waals surface area contributed by atoms with E-state index in [0.717, 1.165) is 13.0 Å². The van der Waals surface area contributed by atoms with Crippen LogP contribution in [-0.4, -0.2) is 38.3 Å². The van der Waals surface area contributed by atoms with Crippen LogP contribution in [0.15, 0.2) is 0 Å². The Bertz CT molecular complexity index is 185. The van der Waals surface area contributed by atoms with E-state index in [0.29, 0.717) is 25.8 Å². The third-order valence-corrected chi connectivity index (χ3v) is 2.61. The van der Waals surface area contributed by atoms with Gasteiger partial charge in [-0.15, -0.1) is 0 Å². The summed E-state index contributed by atoms with van der Waals surface area (Å²) in [5, 5.41) is 6.15. The molecule has 0 aromatic heterocycles. The Morgan fingerprint density at radius 3 is 3.00 bits per heavy atom. The molecule has 2 N–H and O–H groups in total. The van der Waals surface area contributed by atoms with Gasteiger partial charge >= 0.3 is 0 Å². The Balaban J connectivity index is 2.14. The van der Waals surface area contributed by atoms with Gasteiger partial charge in [0.1, 0.15) is 0 Å². The normalized spacial score (nSPS) is 26.4. The van der Waals surface area contributed by atoms with Gasteiger partial charge in [-0.1, -0.05) is 0 Å². The molecule has 1 amide bonds. The number of carbonyl (C=O) groups is 1. The first-order chi connectivity index (χ1) is 6.75. The molecule has 1 aliphatic heterocycles. The highest BCUT2D eigenvalue weighted by atomic mass is 16.5. The molecule has 0 saturated carbocycles. The lowest BCUT2D eigenvalue weighted by Crippen LogP contribution is -2.38.